The lowest BCUT2D eigenvalue weighted by Gasteiger charge is -2.35. The predicted molar refractivity (Wildman–Crippen MR) is 140 cm³/mol. The molecule has 1 aliphatic heterocycles. The highest BCUT2D eigenvalue weighted by Crippen LogP contribution is 2.27. The van der Waals surface area contributed by atoms with Crippen LogP contribution < -0.4 is 15.2 Å². The lowest BCUT2D eigenvalue weighted by atomic mass is 10.2. The van der Waals surface area contributed by atoms with Crippen LogP contribution in [0.15, 0.2) is 65.6 Å². The molecule has 0 radical (unpaired) electrons. The molecule has 0 bridgehead atoms. The van der Waals surface area contributed by atoms with Crippen LogP contribution in [0.1, 0.15) is 12.5 Å². The summed E-state index contributed by atoms with van der Waals surface area (Å²) in [5.41, 5.74) is 1.37. The molecule has 1 aromatic heterocycles. The van der Waals surface area contributed by atoms with E-state index in [4.69, 9.17) is 21.1 Å². The molecule has 0 saturated carbocycles. The summed E-state index contributed by atoms with van der Waals surface area (Å²) in [7, 11) is -3.46. The van der Waals surface area contributed by atoms with Crippen molar-refractivity contribution in [2.24, 2.45) is 0 Å². The van der Waals surface area contributed by atoms with Crippen molar-refractivity contribution in [1.29, 1.82) is 0 Å². The van der Waals surface area contributed by atoms with E-state index in [0.29, 0.717) is 55.8 Å². The number of hydrogen-bond donors (Lipinski definition) is 0. The van der Waals surface area contributed by atoms with E-state index in [2.05, 4.69) is 5.10 Å². The highest BCUT2D eigenvalue weighted by atomic mass is 35.5. The average Bonchev–Trinajstić information content (AvgIpc) is 2.88. The van der Waals surface area contributed by atoms with Gasteiger partial charge in [0.15, 0.2) is 0 Å². The van der Waals surface area contributed by atoms with E-state index in [9.17, 15) is 13.2 Å². The molecule has 11 heteroatoms. The van der Waals surface area contributed by atoms with Crippen molar-refractivity contribution >= 4 is 27.3 Å². The zero-order valence-corrected chi connectivity index (χ0v) is 21.6. The second kappa shape index (κ2) is 11.9. The molecule has 36 heavy (non-hydrogen) atoms. The summed E-state index contributed by atoms with van der Waals surface area (Å²) in [5.74, 6) is 0.0990. The summed E-state index contributed by atoms with van der Waals surface area (Å²) in [4.78, 5) is 15.3. The highest BCUT2D eigenvalue weighted by molar-refractivity contribution is 7.88. The Labute approximate surface area is 215 Å². The third-order valence-electron chi connectivity index (χ3n) is 5.81. The Hall–Kier alpha value is -2.92. The highest BCUT2D eigenvalue weighted by Gasteiger charge is 2.29. The van der Waals surface area contributed by atoms with Gasteiger partial charge in [-0.3, -0.25) is 4.79 Å². The minimum atomic E-state index is -3.46. The van der Waals surface area contributed by atoms with E-state index < -0.39 is 15.6 Å². The third-order valence-corrected chi connectivity index (χ3v) is 7.90. The fourth-order valence-corrected chi connectivity index (χ4v) is 5.71. The second-order valence-electron chi connectivity index (χ2n) is 8.23. The SMILES string of the molecule is CCOCCOc1c(N2CCN(S(=O)(=O)Cc3ccccc3)CC2)cnn(-c2cccc(Cl)c2)c1=O. The smallest absolute Gasteiger partial charge is 0.316 e. The van der Waals surface area contributed by atoms with Crippen molar-refractivity contribution in [2.45, 2.75) is 12.7 Å². The number of benzene rings is 2. The van der Waals surface area contributed by atoms with Gasteiger partial charge in [0, 0.05) is 37.8 Å². The zero-order valence-electron chi connectivity index (χ0n) is 20.0. The Morgan fingerprint density at radius 3 is 2.44 bits per heavy atom. The summed E-state index contributed by atoms with van der Waals surface area (Å²) in [6, 6.07) is 16.0. The molecule has 0 amide bonds. The Morgan fingerprint density at radius 2 is 1.75 bits per heavy atom. The number of halogens is 1. The molecule has 0 atom stereocenters. The Kier molecular flexibility index (Phi) is 8.63. The van der Waals surface area contributed by atoms with Crippen LogP contribution in [0.5, 0.6) is 5.75 Å². The van der Waals surface area contributed by atoms with Crippen molar-refractivity contribution < 1.29 is 17.9 Å². The number of anilines is 1. The van der Waals surface area contributed by atoms with Crippen molar-refractivity contribution in [3.05, 3.63) is 81.7 Å². The third kappa shape index (κ3) is 6.25. The maximum atomic E-state index is 13.4. The second-order valence-corrected chi connectivity index (χ2v) is 10.6. The molecular formula is C25H29ClN4O5S. The van der Waals surface area contributed by atoms with E-state index >= 15 is 0 Å². The van der Waals surface area contributed by atoms with Gasteiger partial charge in [0.1, 0.15) is 12.3 Å². The Morgan fingerprint density at radius 1 is 1.00 bits per heavy atom. The molecule has 1 saturated heterocycles. The van der Waals surface area contributed by atoms with Gasteiger partial charge in [-0.2, -0.15) is 14.1 Å². The Bertz CT molecular complexity index is 1330. The molecule has 9 nitrogen and oxygen atoms in total. The molecule has 2 heterocycles. The minimum Gasteiger partial charge on any atom is -0.484 e. The van der Waals surface area contributed by atoms with Crippen LogP contribution in [-0.2, 0) is 20.5 Å². The van der Waals surface area contributed by atoms with Crippen LogP contribution in [0.3, 0.4) is 0 Å². The van der Waals surface area contributed by atoms with Crippen LogP contribution in [0.2, 0.25) is 5.02 Å². The summed E-state index contributed by atoms with van der Waals surface area (Å²) >= 11 is 6.11. The Balaban J connectivity index is 1.54. The van der Waals surface area contributed by atoms with Crippen molar-refractivity contribution in [1.82, 2.24) is 14.1 Å². The maximum absolute atomic E-state index is 13.4. The normalized spacial score (nSPS) is 14.7. The zero-order chi connectivity index (χ0) is 25.5. The molecule has 1 aliphatic rings. The summed E-state index contributed by atoms with van der Waals surface area (Å²) < 4.78 is 39.9. The van der Waals surface area contributed by atoms with Gasteiger partial charge in [-0.15, -0.1) is 0 Å². The van der Waals surface area contributed by atoms with E-state index in [-0.39, 0.29) is 18.1 Å². The predicted octanol–water partition coefficient (Wildman–Crippen LogP) is 2.95. The van der Waals surface area contributed by atoms with Gasteiger partial charge in [0.05, 0.1) is 24.2 Å². The van der Waals surface area contributed by atoms with Gasteiger partial charge >= 0.3 is 5.56 Å². The number of rotatable bonds is 10. The van der Waals surface area contributed by atoms with Crippen LogP contribution in [-0.4, -0.2) is 68.5 Å². The summed E-state index contributed by atoms with van der Waals surface area (Å²) in [5, 5.41) is 4.84. The quantitative estimate of drug-likeness (QED) is 0.370. The fraction of sp³-hybridized carbons (Fsp3) is 0.360. The number of piperazine rings is 1. The number of ether oxygens (including phenoxy) is 2. The molecule has 0 unspecified atom stereocenters. The van der Waals surface area contributed by atoms with E-state index in [0.717, 1.165) is 5.56 Å². The van der Waals surface area contributed by atoms with Gasteiger partial charge in [-0.25, -0.2) is 8.42 Å². The van der Waals surface area contributed by atoms with E-state index in [1.807, 2.05) is 30.0 Å². The topological polar surface area (TPSA) is 94.0 Å². The van der Waals surface area contributed by atoms with Gasteiger partial charge in [0.25, 0.3) is 0 Å². The lowest BCUT2D eigenvalue weighted by Crippen LogP contribution is -2.49. The number of hydrogen-bond acceptors (Lipinski definition) is 7. The van der Waals surface area contributed by atoms with Gasteiger partial charge < -0.3 is 14.4 Å². The summed E-state index contributed by atoms with van der Waals surface area (Å²) in [6.07, 6.45) is 1.58. The fourth-order valence-electron chi connectivity index (χ4n) is 4.01. The number of aromatic nitrogens is 2. The molecular weight excluding hydrogens is 504 g/mol. The van der Waals surface area contributed by atoms with Crippen LogP contribution in [0.4, 0.5) is 5.69 Å². The van der Waals surface area contributed by atoms with Crippen molar-refractivity contribution in [3.63, 3.8) is 0 Å². The van der Waals surface area contributed by atoms with E-state index in [1.165, 1.54) is 8.99 Å². The first-order valence-corrected chi connectivity index (χ1v) is 13.7. The van der Waals surface area contributed by atoms with Crippen LogP contribution in [0.25, 0.3) is 5.69 Å². The standard InChI is InChI=1S/C25H29ClN4O5S/c1-2-34-15-16-35-24-23(18-27-30(25(24)31)22-10-6-9-21(26)17-22)28-11-13-29(14-12-28)36(32,33)19-20-7-4-3-5-8-20/h3-10,17-18H,2,11-16,19H2,1H3. The molecule has 1 fully saturated rings. The summed E-state index contributed by atoms with van der Waals surface area (Å²) in [6.45, 7) is 4.35. The first-order valence-electron chi connectivity index (χ1n) is 11.7. The number of sulfonamides is 1. The van der Waals surface area contributed by atoms with Gasteiger partial charge in [-0.05, 0) is 30.7 Å². The molecule has 192 valence electrons. The van der Waals surface area contributed by atoms with Crippen molar-refractivity contribution in [2.75, 3.05) is 50.9 Å². The first kappa shape index (κ1) is 26.2. The van der Waals surface area contributed by atoms with Gasteiger partial charge in [0.2, 0.25) is 15.8 Å². The molecule has 4 rings (SSSR count). The maximum Gasteiger partial charge on any atom is 0.316 e. The lowest BCUT2D eigenvalue weighted by molar-refractivity contribution is 0.109. The molecule has 0 aliphatic carbocycles. The van der Waals surface area contributed by atoms with Crippen LogP contribution in [0, 0.1) is 0 Å². The minimum absolute atomic E-state index is 0.0448. The number of nitrogens with zero attached hydrogens (tertiary/aromatic N) is 4. The monoisotopic (exact) mass is 532 g/mol. The first-order chi connectivity index (χ1) is 17.4. The molecule has 0 N–H and O–H groups in total. The van der Waals surface area contributed by atoms with Crippen molar-refractivity contribution in [3.8, 4) is 11.4 Å². The molecule has 3 aromatic rings. The van der Waals surface area contributed by atoms with E-state index in [1.54, 1.807) is 42.6 Å². The average molecular weight is 533 g/mol. The van der Waals surface area contributed by atoms with Gasteiger partial charge in [-0.1, -0.05) is 48.0 Å². The largest absolute Gasteiger partial charge is 0.484 e. The molecule has 2 aromatic carbocycles. The van der Waals surface area contributed by atoms with Crippen LogP contribution >= 0.6 is 11.6 Å². The molecule has 0 spiro atoms.